The molecule has 1 aromatic heterocycles. The number of esters is 1. The lowest BCUT2D eigenvalue weighted by atomic mass is 10.3. The van der Waals surface area contributed by atoms with E-state index in [4.69, 9.17) is 4.74 Å². The first-order valence-corrected chi connectivity index (χ1v) is 7.37. The Morgan fingerprint density at radius 1 is 1.41 bits per heavy atom. The summed E-state index contributed by atoms with van der Waals surface area (Å²) < 4.78 is 6.34. The van der Waals surface area contributed by atoms with Crippen molar-refractivity contribution in [2.24, 2.45) is 0 Å². The van der Waals surface area contributed by atoms with Gasteiger partial charge in [0.25, 0.3) is 0 Å². The summed E-state index contributed by atoms with van der Waals surface area (Å²) in [6, 6.07) is -0.503. The van der Waals surface area contributed by atoms with Crippen LogP contribution in [0.1, 0.15) is 44.5 Å². The molecule has 22 heavy (non-hydrogen) atoms. The van der Waals surface area contributed by atoms with Crippen LogP contribution in [0.25, 0.3) is 0 Å². The van der Waals surface area contributed by atoms with Crippen molar-refractivity contribution in [3.63, 3.8) is 0 Å². The van der Waals surface area contributed by atoms with Crippen LogP contribution in [0.3, 0.4) is 0 Å². The Kier molecular flexibility index (Phi) is 6.84. The van der Waals surface area contributed by atoms with E-state index in [1.807, 2.05) is 20.8 Å². The maximum Gasteiger partial charge on any atom is 0.343 e. The molecule has 1 unspecified atom stereocenters. The quantitative estimate of drug-likeness (QED) is 0.659. The number of urea groups is 1. The second kappa shape index (κ2) is 8.38. The molecule has 0 fully saturated rings. The molecule has 2 amide bonds. The van der Waals surface area contributed by atoms with E-state index in [0.29, 0.717) is 6.42 Å². The fourth-order valence-electron chi connectivity index (χ4n) is 1.75. The lowest BCUT2D eigenvalue weighted by molar-refractivity contribution is 0.0527. The number of hydrogen-bond acceptors (Lipinski definition) is 5. The smallest absolute Gasteiger partial charge is 0.343 e. The van der Waals surface area contributed by atoms with Gasteiger partial charge in [-0.15, -0.1) is 0 Å². The summed E-state index contributed by atoms with van der Waals surface area (Å²) in [5, 5.41) is 19.1. The minimum absolute atomic E-state index is 0.0522. The Labute approximate surface area is 129 Å². The van der Waals surface area contributed by atoms with Crippen LogP contribution in [0.5, 0.6) is 0 Å². The van der Waals surface area contributed by atoms with Crippen LogP contribution >= 0.6 is 0 Å². The highest BCUT2D eigenvalue weighted by Crippen LogP contribution is 2.17. The molecule has 0 aliphatic carbocycles. The SMILES string of the molecule is CCOC(=O)c1cnn(CC(O)CC)c1NC(=O)NC(C)C. The average Bonchev–Trinajstić information content (AvgIpc) is 2.80. The van der Waals surface area contributed by atoms with Crippen molar-refractivity contribution in [2.45, 2.75) is 52.8 Å². The van der Waals surface area contributed by atoms with E-state index in [1.165, 1.54) is 10.9 Å². The van der Waals surface area contributed by atoms with E-state index in [2.05, 4.69) is 15.7 Å². The molecule has 0 saturated carbocycles. The van der Waals surface area contributed by atoms with Crippen molar-refractivity contribution in [3.8, 4) is 0 Å². The number of aliphatic hydroxyl groups is 1. The average molecular weight is 312 g/mol. The highest BCUT2D eigenvalue weighted by atomic mass is 16.5. The van der Waals surface area contributed by atoms with Crippen LogP contribution < -0.4 is 10.6 Å². The summed E-state index contributed by atoms with van der Waals surface area (Å²) in [6.07, 6.45) is 1.24. The first-order valence-electron chi connectivity index (χ1n) is 7.37. The molecular formula is C14H24N4O4. The van der Waals surface area contributed by atoms with Gasteiger partial charge >= 0.3 is 12.0 Å². The molecule has 8 heteroatoms. The summed E-state index contributed by atoms with van der Waals surface area (Å²) in [6.45, 7) is 7.57. The third-order valence-corrected chi connectivity index (χ3v) is 2.84. The third kappa shape index (κ3) is 5.03. The lowest BCUT2D eigenvalue weighted by Gasteiger charge is -2.15. The maximum absolute atomic E-state index is 11.9. The van der Waals surface area contributed by atoms with E-state index in [1.54, 1.807) is 6.92 Å². The van der Waals surface area contributed by atoms with Crippen molar-refractivity contribution >= 4 is 17.8 Å². The molecule has 0 spiro atoms. The number of nitrogens with one attached hydrogen (secondary N) is 2. The molecular weight excluding hydrogens is 288 g/mol. The molecule has 0 aromatic carbocycles. The number of carbonyl (C=O) groups excluding carboxylic acids is 2. The standard InChI is InChI=1S/C14H24N4O4/c1-5-10(19)8-18-12(17-14(21)16-9(3)4)11(7-15-18)13(20)22-6-2/h7,9-10,19H,5-6,8H2,1-4H3,(H2,16,17,21). The number of hydrogen-bond donors (Lipinski definition) is 3. The molecule has 124 valence electrons. The van der Waals surface area contributed by atoms with E-state index < -0.39 is 18.1 Å². The number of carbonyl (C=O) groups is 2. The third-order valence-electron chi connectivity index (χ3n) is 2.84. The van der Waals surface area contributed by atoms with Crippen molar-refractivity contribution in [2.75, 3.05) is 11.9 Å². The summed E-state index contributed by atoms with van der Waals surface area (Å²) in [4.78, 5) is 23.8. The van der Waals surface area contributed by atoms with Gasteiger partial charge in [-0.3, -0.25) is 5.32 Å². The van der Waals surface area contributed by atoms with E-state index in [9.17, 15) is 14.7 Å². The molecule has 0 bridgehead atoms. The van der Waals surface area contributed by atoms with Crippen LogP contribution in [0, 0.1) is 0 Å². The van der Waals surface area contributed by atoms with E-state index in [-0.39, 0.29) is 30.6 Å². The van der Waals surface area contributed by atoms with Crippen molar-refractivity contribution < 1.29 is 19.4 Å². The molecule has 0 radical (unpaired) electrons. The van der Waals surface area contributed by atoms with Gasteiger partial charge in [0.05, 0.1) is 25.5 Å². The molecule has 3 N–H and O–H groups in total. The van der Waals surface area contributed by atoms with Gasteiger partial charge in [-0.05, 0) is 27.2 Å². The van der Waals surface area contributed by atoms with Crippen molar-refractivity contribution in [3.05, 3.63) is 11.8 Å². The van der Waals surface area contributed by atoms with Gasteiger partial charge < -0.3 is 15.2 Å². The van der Waals surface area contributed by atoms with Gasteiger partial charge in [0.15, 0.2) is 0 Å². The zero-order valence-corrected chi connectivity index (χ0v) is 13.4. The van der Waals surface area contributed by atoms with Gasteiger partial charge in [-0.1, -0.05) is 6.92 Å². The van der Waals surface area contributed by atoms with Crippen LogP contribution in [0.4, 0.5) is 10.6 Å². The first kappa shape index (κ1) is 18.0. The Hall–Kier alpha value is -2.09. The summed E-state index contributed by atoms with van der Waals surface area (Å²) in [7, 11) is 0. The number of nitrogens with zero attached hydrogens (tertiary/aromatic N) is 2. The topological polar surface area (TPSA) is 105 Å². The van der Waals surface area contributed by atoms with Crippen LogP contribution in [0.15, 0.2) is 6.20 Å². The molecule has 0 saturated heterocycles. The Balaban J connectivity index is 3.02. The van der Waals surface area contributed by atoms with Gasteiger partial charge in [-0.2, -0.15) is 5.10 Å². The number of aromatic nitrogens is 2. The van der Waals surface area contributed by atoms with Gasteiger partial charge in [-0.25, -0.2) is 14.3 Å². The monoisotopic (exact) mass is 312 g/mol. The molecule has 0 aliphatic rings. The van der Waals surface area contributed by atoms with Gasteiger partial charge in [0.2, 0.25) is 0 Å². The number of ether oxygens (including phenoxy) is 1. The van der Waals surface area contributed by atoms with Gasteiger partial charge in [0.1, 0.15) is 11.4 Å². The zero-order chi connectivity index (χ0) is 16.7. The number of amides is 2. The second-order valence-electron chi connectivity index (χ2n) is 5.12. The van der Waals surface area contributed by atoms with Crippen LogP contribution in [-0.4, -0.2) is 45.6 Å². The van der Waals surface area contributed by atoms with Gasteiger partial charge in [0, 0.05) is 6.04 Å². The van der Waals surface area contributed by atoms with Crippen LogP contribution in [-0.2, 0) is 11.3 Å². The summed E-state index contributed by atoms with van der Waals surface area (Å²) in [5.74, 6) is -0.358. The highest BCUT2D eigenvalue weighted by Gasteiger charge is 2.21. The molecule has 1 aromatic rings. The Morgan fingerprint density at radius 2 is 2.09 bits per heavy atom. The molecule has 8 nitrogen and oxygen atoms in total. The second-order valence-corrected chi connectivity index (χ2v) is 5.12. The van der Waals surface area contributed by atoms with Crippen LogP contribution in [0.2, 0.25) is 0 Å². The van der Waals surface area contributed by atoms with Crippen molar-refractivity contribution in [1.82, 2.24) is 15.1 Å². The first-order chi connectivity index (χ1) is 10.4. The fourth-order valence-corrected chi connectivity index (χ4v) is 1.75. The zero-order valence-electron chi connectivity index (χ0n) is 13.4. The molecule has 1 rings (SSSR count). The lowest BCUT2D eigenvalue weighted by Crippen LogP contribution is -2.35. The predicted molar refractivity (Wildman–Crippen MR) is 81.8 cm³/mol. The highest BCUT2D eigenvalue weighted by molar-refractivity contribution is 5.99. The fraction of sp³-hybridized carbons (Fsp3) is 0.643. The normalized spacial score (nSPS) is 12.1. The summed E-state index contributed by atoms with van der Waals surface area (Å²) >= 11 is 0. The predicted octanol–water partition coefficient (Wildman–Crippen LogP) is 1.36. The molecule has 0 aliphatic heterocycles. The van der Waals surface area contributed by atoms with Crippen molar-refractivity contribution in [1.29, 1.82) is 0 Å². The minimum Gasteiger partial charge on any atom is -0.462 e. The number of anilines is 1. The Bertz CT molecular complexity index is 513. The van der Waals surface area contributed by atoms with E-state index in [0.717, 1.165) is 0 Å². The largest absolute Gasteiger partial charge is 0.462 e. The van der Waals surface area contributed by atoms with E-state index >= 15 is 0 Å². The number of aliphatic hydroxyl groups excluding tert-OH is 1. The molecule has 1 atom stereocenters. The Morgan fingerprint density at radius 3 is 2.64 bits per heavy atom. The maximum atomic E-state index is 11.9. The minimum atomic E-state index is -0.622. The number of rotatable bonds is 7. The summed E-state index contributed by atoms with van der Waals surface area (Å²) in [5.41, 5.74) is 0.157. The molecule has 1 heterocycles.